The van der Waals surface area contributed by atoms with Crippen LogP contribution in [0.3, 0.4) is 0 Å². The molecule has 0 aliphatic carbocycles. The van der Waals surface area contributed by atoms with Crippen LogP contribution in [-0.2, 0) is 9.53 Å². The van der Waals surface area contributed by atoms with Crippen LogP contribution >= 0.6 is 11.3 Å². The first-order valence-corrected chi connectivity index (χ1v) is 14.4. The first kappa shape index (κ1) is 27.3. The molecule has 2 atom stereocenters. The number of carbonyl (C=O) groups excluding carboxylic acids is 1. The highest BCUT2D eigenvalue weighted by atomic mass is 32.1. The number of hydrogen-bond donors (Lipinski definition) is 3. The summed E-state index contributed by atoms with van der Waals surface area (Å²) in [5, 5.41) is 16.0. The molecule has 2 aliphatic rings. The molecule has 1 amide bonds. The Morgan fingerprint density at radius 3 is 2.54 bits per heavy atom. The zero-order valence-electron chi connectivity index (χ0n) is 22.6. The number of thiophene rings is 1. The van der Waals surface area contributed by atoms with Crippen molar-refractivity contribution < 1.29 is 14.3 Å². The number of anilines is 2. The standard InChI is InChI=1S/C30H37N5O3S/c1-20(18-37-2)35-16-25(17-35)38-24-8-5-21(6-9-24)28(32)26-15-23(7-10-27(26)31)33-30(36)29(22-11-14-39-19-22)34-12-3-4-13-34/h5-11,14-15,19-20,25,29,32H,3-4,12-13,16-18,31H2,1-2H3,(H,33,36). The number of nitrogens with two attached hydrogens (primary N) is 1. The number of likely N-dealkylation sites (tertiary alicyclic amines) is 2. The zero-order valence-corrected chi connectivity index (χ0v) is 23.4. The number of rotatable bonds is 11. The second-order valence-corrected chi connectivity index (χ2v) is 11.2. The van der Waals surface area contributed by atoms with E-state index in [1.54, 1.807) is 36.6 Å². The first-order valence-electron chi connectivity index (χ1n) is 13.5. The molecule has 2 unspecified atom stereocenters. The average Bonchev–Trinajstić information content (AvgIpc) is 3.63. The van der Waals surface area contributed by atoms with Crippen molar-refractivity contribution in [2.24, 2.45) is 0 Å². The minimum Gasteiger partial charge on any atom is -0.488 e. The van der Waals surface area contributed by atoms with E-state index in [0.29, 0.717) is 35.3 Å². The van der Waals surface area contributed by atoms with Gasteiger partial charge in [0.25, 0.3) is 0 Å². The fourth-order valence-electron chi connectivity index (χ4n) is 5.32. The first-order chi connectivity index (χ1) is 18.9. The van der Waals surface area contributed by atoms with Gasteiger partial charge in [0.15, 0.2) is 0 Å². The molecule has 3 aromatic rings. The van der Waals surface area contributed by atoms with E-state index in [1.165, 1.54) is 0 Å². The van der Waals surface area contributed by atoms with E-state index in [0.717, 1.165) is 55.9 Å². The minimum atomic E-state index is -0.322. The summed E-state index contributed by atoms with van der Waals surface area (Å²) in [6.07, 6.45) is 2.37. The number of amides is 1. The number of carbonyl (C=O) groups is 1. The fourth-order valence-corrected chi connectivity index (χ4v) is 6.00. The predicted molar refractivity (Wildman–Crippen MR) is 157 cm³/mol. The predicted octanol–water partition coefficient (Wildman–Crippen LogP) is 4.62. The molecule has 0 spiro atoms. The minimum absolute atomic E-state index is 0.0646. The largest absolute Gasteiger partial charge is 0.488 e. The summed E-state index contributed by atoms with van der Waals surface area (Å²) in [6, 6.07) is 15.0. The van der Waals surface area contributed by atoms with Gasteiger partial charge in [-0.2, -0.15) is 11.3 Å². The SMILES string of the molecule is COCC(C)N1CC(Oc2ccc(C(=N)c3cc(NC(=O)C(c4ccsc4)N4CCCC4)ccc3N)cc2)C1. The van der Waals surface area contributed by atoms with E-state index in [1.807, 2.05) is 41.1 Å². The van der Waals surface area contributed by atoms with Crippen molar-refractivity contribution in [2.75, 3.05) is 50.9 Å². The molecule has 0 saturated carbocycles. The van der Waals surface area contributed by atoms with Crippen LogP contribution in [0.5, 0.6) is 5.75 Å². The van der Waals surface area contributed by atoms with Crippen molar-refractivity contribution in [3.05, 3.63) is 76.0 Å². The molecule has 0 bridgehead atoms. The molecule has 2 aromatic carbocycles. The van der Waals surface area contributed by atoms with E-state index in [9.17, 15) is 4.79 Å². The van der Waals surface area contributed by atoms with Gasteiger partial charge in [-0.3, -0.25) is 20.0 Å². The van der Waals surface area contributed by atoms with Gasteiger partial charge >= 0.3 is 0 Å². The van der Waals surface area contributed by atoms with Crippen molar-refractivity contribution in [1.82, 2.24) is 9.80 Å². The Morgan fingerprint density at radius 1 is 1.13 bits per heavy atom. The van der Waals surface area contributed by atoms with E-state index >= 15 is 0 Å². The third-order valence-electron chi connectivity index (χ3n) is 7.56. The van der Waals surface area contributed by atoms with Gasteiger partial charge in [-0.25, -0.2) is 0 Å². The van der Waals surface area contributed by atoms with E-state index in [-0.39, 0.29) is 18.1 Å². The molecule has 2 saturated heterocycles. The number of nitrogens with zero attached hydrogens (tertiary/aromatic N) is 2. The molecule has 0 radical (unpaired) electrons. The molecular weight excluding hydrogens is 510 g/mol. The Bertz CT molecular complexity index is 1270. The van der Waals surface area contributed by atoms with Gasteiger partial charge in [-0.1, -0.05) is 0 Å². The summed E-state index contributed by atoms with van der Waals surface area (Å²) >= 11 is 1.60. The van der Waals surface area contributed by atoms with E-state index in [2.05, 4.69) is 22.0 Å². The summed E-state index contributed by atoms with van der Waals surface area (Å²) in [5.74, 6) is 0.719. The molecule has 8 nitrogen and oxygen atoms in total. The number of nitrogen functional groups attached to an aromatic ring is 1. The van der Waals surface area contributed by atoms with Crippen molar-refractivity contribution in [2.45, 2.75) is 38.0 Å². The molecule has 2 fully saturated rings. The van der Waals surface area contributed by atoms with Gasteiger partial charge in [0, 0.05) is 48.7 Å². The van der Waals surface area contributed by atoms with Gasteiger partial charge in [0.05, 0.1) is 12.3 Å². The smallest absolute Gasteiger partial charge is 0.246 e. The molecule has 1 aromatic heterocycles. The van der Waals surface area contributed by atoms with Crippen LogP contribution in [0.2, 0.25) is 0 Å². The summed E-state index contributed by atoms with van der Waals surface area (Å²) in [6.45, 7) is 6.45. The Morgan fingerprint density at radius 2 is 1.87 bits per heavy atom. The maximum Gasteiger partial charge on any atom is 0.246 e. The lowest BCUT2D eigenvalue weighted by Gasteiger charge is -2.42. The highest BCUT2D eigenvalue weighted by Gasteiger charge is 2.32. The third-order valence-corrected chi connectivity index (χ3v) is 8.26. The molecule has 4 N–H and O–H groups in total. The zero-order chi connectivity index (χ0) is 27.4. The van der Waals surface area contributed by atoms with Gasteiger partial charge in [-0.15, -0.1) is 0 Å². The van der Waals surface area contributed by atoms with Crippen LogP contribution in [0.25, 0.3) is 0 Å². The maximum atomic E-state index is 13.4. The van der Waals surface area contributed by atoms with Crippen molar-refractivity contribution >= 4 is 34.3 Å². The summed E-state index contributed by atoms with van der Waals surface area (Å²) in [5.41, 5.74) is 10.0. The van der Waals surface area contributed by atoms with Crippen molar-refractivity contribution in [1.29, 1.82) is 5.41 Å². The fraction of sp³-hybridized carbons (Fsp3) is 0.400. The average molecular weight is 548 g/mol. The van der Waals surface area contributed by atoms with Crippen LogP contribution in [0.4, 0.5) is 11.4 Å². The number of ether oxygens (including phenoxy) is 2. The Labute approximate surface area is 234 Å². The highest BCUT2D eigenvalue weighted by molar-refractivity contribution is 7.08. The lowest BCUT2D eigenvalue weighted by atomic mass is 10.00. The maximum absolute atomic E-state index is 13.4. The second-order valence-electron chi connectivity index (χ2n) is 10.4. The van der Waals surface area contributed by atoms with Gasteiger partial charge < -0.3 is 20.5 Å². The Kier molecular flexibility index (Phi) is 8.62. The van der Waals surface area contributed by atoms with Crippen molar-refractivity contribution in [3.8, 4) is 5.75 Å². The number of methoxy groups -OCH3 is 1. The summed E-state index contributed by atoms with van der Waals surface area (Å²) in [4.78, 5) is 18.0. The number of benzene rings is 2. The second kappa shape index (κ2) is 12.3. The third kappa shape index (κ3) is 6.33. The van der Waals surface area contributed by atoms with Gasteiger partial charge in [0.2, 0.25) is 5.91 Å². The van der Waals surface area contributed by atoms with Crippen LogP contribution in [0, 0.1) is 5.41 Å². The van der Waals surface area contributed by atoms with E-state index in [4.69, 9.17) is 20.6 Å². The normalized spacial score (nSPS) is 17.9. The molecule has 3 heterocycles. The molecular formula is C30H37N5O3S. The van der Waals surface area contributed by atoms with Crippen molar-refractivity contribution in [3.63, 3.8) is 0 Å². The molecule has 2 aliphatic heterocycles. The van der Waals surface area contributed by atoms with Crippen LogP contribution in [-0.4, -0.2) is 73.5 Å². The Balaban J connectivity index is 1.23. The molecule has 5 rings (SSSR count). The lowest BCUT2D eigenvalue weighted by Crippen LogP contribution is -2.58. The topological polar surface area (TPSA) is 104 Å². The van der Waals surface area contributed by atoms with Gasteiger partial charge in [-0.05, 0) is 97.7 Å². The molecule has 9 heteroatoms. The number of nitrogens with one attached hydrogen (secondary N) is 2. The summed E-state index contributed by atoms with van der Waals surface area (Å²) in [7, 11) is 1.72. The van der Waals surface area contributed by atoms with Crippen LogP contribution in [0.1, 0.15) is 42.5 Å². The van der Waals surface area contributed by atoms with Gasteiger partial charge in [0.1, 0.15) is 17.9 Å². The number of hydrogen-bond acceptors (Lipinski definition) is 8. The highest BCUT2D eigenvalue weighted by Crippen LogP contribution is 2.29. The van der Waals surface area contributed by atoms with E-state index < -0.39 is 0 Å². The molecule has 206 valence electrons. The summed E-state index contributed by atoms with van der Waals surface area (Å²) < 4.78 is 11.3. The molecule has 39 heavy (non-hydrogen) atoms. The monoisotopic (exact) mass is 547 g/mol. The van der Waals surface area contributed by atoms with Crippen LogP contribution in [0.15, 0.2) is 59.3 Å². The lowest BCUT2D eigenvalue weighted by molar-refractivity contribution is -0.121. The Hall–Kier alpha value is -3.24. The van der Waals surface area contributed by atoms with Crippen LogP contribution < -0.4 is 15.8 Å². The quantitative estimate of drug-likeness (QED) is 0.239.